The van der Waals surface area contributed by atoms with Gasteiger partial charge in [0.05, 0.1) is 0 Å². The van der Waals surface area contributed by atoms with Crippen molar-refractivity contribution < 1.29 is 37.5 Å². The van der Waals surface area contributed by atoms with Crippen LogP contribution in [0.2, 0.25) is 0 Å². The summed E-state index contributed by atoms with van der Waals surface area (Å²) in [5.74, 6) is 0. The fourth-order valence-corrected chi connectivity index (χ4v) is 0.538. The standard InChI is InChI=1S/C5H6NO.Y/c7-4-5-2-1-3-6-5;/h1,3,5-6H,2H2;/q-1;. The van der Waals surface area contributed by atoms with Crippen LogP contribution in [0.4, 0.5) is 0 Å². The summed E-state index contributed by atoms with van der Waals surface area (Å²) in [4.78, 5) is 9.78. The Balaban J connectivity index is 0.000000490. The second-order valence-corrected chi connectivity index (χ2v) is 1.48. The molecule has 1 aliphatic heterocycles. The summed E-state index contributed by atoms with van der Waals surface area (Å²) in [5, 5.41) is 2.80. The molecule has 1 unspecified atom stereocenters. The van der Waals surface area contributed by atoms with Crippen LogP contribution < -0.4 is 5.32 Å². The maximum Gasteiger partial charge on any atom is 0 e. The van der Waals surface area contributed by atoms with E-state index in [-0.39, 0.29) is 38.8 Å². The van der Waals surface area contributed by atoms with E-state index in [1.165, 1.54) is 0 Å². The van der Waals surface area contributed by atoms with E-state index in [0.717, 1.165) is 6.42 Å². The van der Waals surface area contributed by atoms with E-state index < -0.39 is 0 Å². The molecule has 1 heterocycles. The Kier molecular flexibility index (Phi) is 4.38. The van der Waals surface area contributed by atoms with Gasteiger partial charge in [-0.2, -0.15) is 0 Å². The van der Waals surface area contributed by atoms with Gasteiger partial charge in [-0.15, -0.1) is 0 Å². The summed E-state index contributed by atoms with van der Waals surface area (Å²) in [7, 11) is 0. The zero-order chi connectivity index (χ0) is 5.11. The third-order valence-corrected chi connectivity index (χ3v) is 0.929. The summed E-state index contributed by atoms with van der Waals surface area (Å²) in [6.07, 6.45) is 6.32. The molecule has 0 fully saturated rings. The van der Waals surface area contributed by atoms with Gasteiger partial charge in [-0.1, -0.05) is 12.1 Å². The Morgan fingerprint density at radius 2 is 2.50 bits per heavy atom. The summed E-state index contributed by atoms with van der Waals surface area (Å²) in [5.41, 5.74) is 0. The molecule has 0 aromatic carbocycles. The number of nitrogens with one attached hydrogen (secondary N) is 1. The van der Waals surface area contributed by atoms with E-state index in [9.17, 15) is 4.79 Å². The minimum Gasteiger partial charge on any atom is -0.540 e. The van der Waals surface area contributed by atoms with Crippen LogP contribution in [-0.4, -0.2) is 12.3 Å². The van der Waals surface area contributed by atoms with Gasteiger partial charge in [0.25, 0.3) is 0 Å². The van der Waals surface area contributed by atoms with Crippen LogP contribution in [0.3, 0.4) is 0 Å². The molecular weight excluding hydrogens is 179 g/mol. The molecule has 1 rings (SSSR count). The number of hydrogen-bond acceptors (Lipinski definition) is 2. The van der Waals surface area contributed by atoms with Gasteiger partial charge in [-0.25, -0.2) is 6.29 Å². The summed E-state index contributed by atoms with van der Waals surface area (Å²) < 4.78 is 0. The first-order valence-electron chi connectivity index (χ1n) is 2.22. The van der Waals surface area contributed by atoms with E-state index in [2.05, 4.69) is 5.32 Å². The van der Waals surface area contributed by atoms with Crippen LogP contribution in [0.25, 0.3) is 0 Å². The van der Waals surface area contributed by atoms with Gasteiger partial charge in [0, 0.05) is 32.7 Å². The van der Waals surface area contributed by atoms with Crippen molar-refractivity contribution in [2.24, 2.45) is 0 Å². The van der Waals surface area contributed by atoms with Crippen molar-refractivity contribution in [2.75, 3.05) is 0 Å². The molecule has 41 valence electrons. The van der Waals surface area contributed by atoms with Crippen LogP contribution in [0.5, 0.6) is 0 Å². The predicted molar refractivity (Wildman–Crippen MR) is 26.4 cm³/mol. The summed E-state index contributed by atoms with van der Waals surface area (Å²) in [6.45, 7) is 0. The van der Waals surface area contributed by atoms with Crippen LogP contribution in [0.1, 0.15) is 6.42 Å². The largest absolute Gasteiger partial charge is 0.540 e. The van der Waals surface area contributed by atoms with E-state index >= 15 is 0 Å². The SMILES string of the molecule is O=[C-]C1CC=CN1.[Y]. The van der Waals surface area contributed by atoms with Gasteiger partial charge >= 0.3 is 0 Å². The molecule has 0 spiro atoms. The van der Waals surface area contributed by atoms with Crippen molar-refractivity contribution in [3.63, 3.8) is 0 Å². The van der Waals surface area contributed by atoms with Gasteiger partial charge in [-0.05, 0) is 12.6 Å². The topological polar surface area (TPSA) is 29.1 Å². The Morgan fingerprint density at radius 1 is 1.75 bits per heavy atom. The van der Waals surface area contributed by atoms with Gasteiger partial charge in [0.1, 0.15) is 0 Å². The van der Waals surface area contributed by atoms with E-state index in [1.54, 1.807) is 6.20 Å². The second-order valence-electron chi connectivity index (χ2n) is 1.48. The first-order valence-corrected chi connectivity index (χ1v) is 2.22. The van der Waals surface area contributed by atoms with Crippen molar-refractivity contribution in [1.29, 1.82) is 0 Å². The fraction of sp³-hybridized carbons (Fsp3) is 0.400. The molecule has 0 aromatic rings. The fourth-order valence-electron chi connectivity index (χ4n) is 0.538. The molecule has 0 saturated heterocycles. The zero-order valence-corrected chi connectivity index (χ0v) is 7.26. The van der Waals surface area contributed by atoms with Crippen molar-refractivity contribution >= 4 is 6.29 Å². The van der Waals surface area contributed by atoms with Crippen molar-refractivity contribution in [3.8, 4) is 0 Å². The van der Waals surface area contributed by atoms with Crippen molar-refractivity contribution in [2.45, 2.75) is 12.5 Å². The first-order chi connectivity index (χ1) is 3.43. The number of rotatable bonds is 1. The van der Waals surface area contributed by atoms with Crippen LogP contribution in [0, 0.1) is 0 Å². The smallest absolute Gasteiger partial charge is 0 e. The first kappa shape index (κ1) is 8.31. The van der Waals surface area contributed by atoms with Crippen LogP contribution in [0.15, 0.2) is 12.3 Å². The average Bonchev–Trinajstić information content (AvgIpc) is 2.14. The third-order valence-electron chi connectivity index (χ3n) is 0.929. The maximum atomic E-state index is 9.78. The zero-order valence-electron chi connectivity index (χ0n) is 4.42. The average molecular weight is 185 g/mol. The van der Waals surface area contributed by atoms with Crippen molar-refractivity contribution in [1.82, 2.24) is 5.32 Å². The van der Waals surface area contributed by atoms with Gasteiger partial charge in [0.2, 0.25) is 0 Å². The van der Waals surface area contributed by atoms with E-state index in [1.807, 2.05) is 12.4 Å². The molecule has 2 nitrogen and oxygen atoms in total. The summed E-state index contributed by atoms with van der Waals surface area (Å²) in [6, 6.07) is -0.0694. The molecule has 8 heavy (non-hydrogen) atoms. The van der Waals surface area contributed by atoms with Crippen LogP contribution in [-0.2, 0) is 37.5 Å². The summed E-state index contributed by atoms with van der Waals surface area (Å²) >= 11 is 0. The Morgan fingerprint density at radius 3 is 2.75 bits per heavy atom. The third kappa shape index (κ3) is 2.06. The number of carbonyl (C=O) groups excluding carboxylic acids is 1. The molecule has 0 aromatic heterocycles. The molecule has 3 heteroatoms. The molecular formula is C5H6NOY-. The molecule has 1 N–H and O–H groups in total. The molecule has 1 atom stereocenters. The van der Waals surface area contributed by atoms with Gasteiger partial charge in [-0.3, -0.25) is 0 Å². The quantitative estimate of drug-likeness (QED) is 0.581. The van der Waals surface area contributed by atoms with Gasteiger partial charge in [0.15, 0.2) is 0 Å². The Labute approximate surface area is 73.6 Å². The normalized spacial score (nSPS) is 23.8. The minimum absolute atomic E-state index is 0. The van der Waals surface area contributed by atoms with Gasteiger partial charge < -0.3 is 10.1 Å². The molecule has 0 bridgehead atoms. The molecule has 0 aliphatic carbocycles. The molecule has 0 amide bonds. The predicted octanol–water partition coefficient (Wildman–Crippen LogP) is -0.0308. The second kappa shape index (κ2) is 4.22. The minimum atomic E-state index is -0.0694. The Bertz CT molecular complexity index is 94.6. The number of hydrogen-bond donors (Lipinski definition) is 1. The monoisotopic (exact) mass is 185 g/mol. The molecule has 1 radical (unpaired) electrons. The van der Waals surface area contributed by atoms with E-state index in [0.29, 0.717) is 0 Å². The van der Waals surface area contributed by atoms with E-state index in [4.69, 9.17) is 0 Å². The maximum absolute atomic E-state index is 9.78. The van der Waals surface area contributed by atoms with Crippen LogP contribution >= 0.6 is 0 Å². The molecule has 1 aliphatic rings. The Hall–Kier alpha value is 0.314. The van der Waals surface area contributed by atoms with Crippen molar-refractivity contribution in [3.05, 3.63) is 12.3 Å². The molecule has 0 saturated carbocycles.